The minimum atomic E-state index is -0.747. The van der Waals surface area contributed by atoms with Gasteiger partial charge in [-0.25, -0.2) is 4.79 Å². The van der Waals surface area contributed by atoms with Crippen molar-refractivity contribution < 1.29 is 24.5 Å². The van der Waals surface area contributed by atoms with E-state index in [0.717, 1.165) is 17.0 Å². The maximum Gasteiger partial charge on any atom is 0.338 e. The number of aliphatic hydroxyl groups excluding tert-OH is 1. The van der Waals surface area contributed by atoms with Gasteiger partial charge >= 0.3 is 5.97 Å². The number of phenolic OH excluding ortho intramolecular Hbond substituents is 1. The predicted octanol–water partition coefficient (Wildman–Crippen LogP) is 4.85. The number of ether oxygens (including phenoxy) is 2. The zero-order chi connectivity index (χ0) is 22.2. The molecule has 6 heteroatoms. The minimum absolute atomic E-state index is 0.153. The first-order valence-corrected chi connectivity index (χ1v) is 10.1. The van der Waals surface area contributed by atoms with Crippen molar-refractivity contribution in [3.63, 3.8) is 0 Å². The third-order valence-corrected chi connectivity index (χ3v) is 4.97. The number of nitrogens with one attached hydrogen (secondary N) is 1. The third-order valence-electron chi connectivity index (χ3n) is 4.97. The lowest BCUT2D eigenvalue weighted by Gasteiger charge is -2.24. The lowest BCUT2D eigenvalue weighted by Crippen LogP contribution is -2.15. The number of hydrogen-bond acceptors (Lipinski definition) is 6. The highest BCUT2D eigenvalue weighted by atomic mass is 16.5. The molecule has 3 aromatic carbocycles. The van der Waals surface area contributed by atoms with Crippen LogP contribution in [0.15, 0.2) is 72.8 Å². The lowest BCUT2D eigenvalue weighted by molar-refractivity contribution is 0.0526. The van der Waals surface area contributed by atoms with Gasteiger partial charge in [0, 0.05) is 12.1 Å². The van der Waals surface area contributed by atoms with E-state index in [1.54, 1.807) is 50.4 Å². The standard InChI is InChI=1S/C25H27NO5/c1-3-31-25(29)18-7-11-20(12-8-18)26-23(19-5-4-6-22(15-19)30-2)16-24(28)17-9-13-21(27)14-10-17/h4-15,23-24,26-28H,3,16H2,1-2H3. The quantitative estimate of drug-likeness (QED) is 0.428. The Morgan fingerprint density at radius 3 is 2.35 bits per heavy atom. The molecule has 0 heterocycles. The zero-order valence-corrected chi connectivity index (χ0v) is 17.6. The Kier molecular flexibility index (Phi) is 7.51. The van der Waals surface area contributed by atoms with E-state index in [1.165, 1.54) is 0 Å². The molecule has 162 valence electrons. The van der Waals surface area contributed by atoms with Gasteiger partial charge in [-0.2, -0.15) is 0 Å². The van der Waals surface area contributed by atoms with Crippen molar-refractivity contribution in [2.45, 2.75) is 25.5 Å². The number of phenols is 1. The number of aromatic hydroxyl groups is 1. The van der Waals surface area contributed by atoms with Crippen LogP contribution < -0.4 is 10.1 Å². The summed E-state index contributed by atoms with van der Waals surface area (Å²) in [4.78, 5) is 11.9. The smallest absolute Gasteiger partial charge is 0.338 e. The molecule has 0 spiro atoms. The Labute approximate surface area is 182 Å². The molecule has 31 heavy (non-hydrogen) atoms. The first-order valence-electron chi connectivity index (χ1n) is 10.1. The van der Waals surface area contributed by atoms with Gasteiger partial charge in [0.2, 0.25) is 0 Å². The number of esters is 1. The SMILES string of the molecule is CCOC(=O)c1ccc(NC(CC(O)c2ccc(O)cc2)c2cccc(OC)c2)cc1. The highest BCUT2D eigenvalue weighted by Gasteiger charge is 2.19. The molecule has 0 amide bonds. The van der Waals surface area contributed by atoms with Crippen molar-refractivity contribution in [3.05, 3.63) is 89.5 Å². The minimum Gasteiger partial charge on any atom is -0.508 e. The van der Waals surface area contributed by atoms with Crippen molar-refractivity contribution >= 4 is 11.7 Å². The molecule has 0 aliphatic rings. The number of rotatable bonds is 9. The van der Waals surface area contributed by atoms with Crippen molar-refractivity contribution in [3.8, 4) is 11.5 Å². The van der Waals surface area contributed by atoms with Crippen LogP contribution in [0.2, 0.25) is 0 Å². The van der Waals surface area contributed by atoms with Gasteiger partial charge in [-0.1, -0.05) is 24.3 Å². The number of carbonyl (C=O) groups excluding carboxylic acids is 1. The summed E-state index contributed by atoms with van der Waals surface area (Å²) in [6.07, 6.45) is -0.361. The number of aliphatic hydroxyl groups is 1. The van der Waals surface area contributed by atoms with E-state index in [9.17, 15) is 15.0 Å². The van der Waals surface area contributed by atoms with Gasteiger partial charge in [-0.3, -0.25) is 0 Å². The second kappa shape index (κ2) is 10.5. The monoisotopic (exact) mass is 421 g/mol. The summed E-state index contributed by atoms with van der Waals surface area (Å²) in [5, 5.41) is 23.8. The molecule has 0 fully saturated rings. The highest BCUT2D eigenvalue weighted by molar-refractivity contribution is 5.89. The van der Waals surface area contributed by atoms with Crippen LogP contribution >= 0.6 is 0 Å². The summed E-state index contributed by atoms with van der Waals surface area (Å²) >= 11 is 0. The van der Waals surface area contributed by atoms with E-state index in [2.05, 4.69) is 5.32 Å². The lowest BCUT2D eigenvalue weighted by atomic mass is 9.96. The van der Waals surface area contributed by atoms with Crippen molar-refractivity contribution in [2.75, 3.05) is 19.0 Å². The fourth-order valence-corrected chi connectivity index (χ4v) is 3.31. The third kappa shape index (κ3) is 5.99. The summed E-state index contributed by atoms with van der Waals surface area (Å²) in [6, 6.07) is 21.0. The molecule has 2 atom stereocenters. The summed E-state index contributed by atoms with van der Waals surface area (Å²) in [5.41, 5.74) is 2.95. The van der Waals surface area contributed by atoms with Gasteiger partial charge < -0.3 is 25.0 Å². The van der Waals surface area contributed by atoms with Crippen LogP contribution in [0.1, 0.15) is 47.0 Å². The van der Waals surface area contributed by atoms with E-state index in [-0.39, 0.29) is 17.8 Å². The van der Waals surface area contributed by atoms with Crippen LogP contribution in [-0.4, -0.2) is 29.9 Å². The number of carbonyl (C=O) groups is 1. The Morgan fingerprint density at radius 2 is 1.71 bits per heavy atom. The van der Waals surface area contributed by atoms with Crippen LogP contribution in [0.25, 0.3) is 0 Å². The van der Waals surface area contributed by atoms with Gasteiger partial charge in [-0.15, -0.1) is 0 Å². The molecule has 0 aromatic heterocycles. The molecule has 3 aromatic rings. The van der Waals surface area contributed by atoms with Crippen LogP contribution in [0, 0.1) is 0 Å². The summed E-state index contributed by atoms with van der Waals surface area (Å²) in [6.45, 7) is 2.10. The van der Waals surface area contributed by atoms with E-state index in [4.69, 9.17) is 9.47 Å². The molecule has 0 aliphatic heterocycles. The Morgan fingerprint density at radius 1 is 1.00 bits per heavy atom. The van der Waals surface area contributed by atoms with Gasteiger partial charge in [0.05, 0.1) is 31.4 Å². The second-order valence-corrected chi connectivity index (χ2v) is 7.11. The number of methoxy groups -OCH3 is 1. The molecule has 0 radical (unpaired) electrons. The van der Waals surface area contributed by atoms with Crippen molar-refractivity contribution in [1.82, 2.24) is 0 Å². The molecule has 0 saturated heterocycles. The van der Waals surface area contributed by atoms with Crippen LogP contribution in [0.3, 0.4) is 0 Å². The summed E-state index contributed by atoms with van der Waals surface area (Å²) in [7, 11) is 1.61. The number of benzene rings is 3. The van der Waals surface area contributed by atoms with E-state index < -0.39 is 6.10 Å². The average molecular weight is 421 g/mol. The molecule has 0 aliphatic carbocycles. The van der Waals surface area contributed by atoms with Gasteiger partial charge in [-0.05, 0) is 66.6 Å². The van der Waals surface area contributed by atoms with Gasteiger partial charge in [0.15, 0.2) is 0 Å². The average Bonchev–Trinajstić information content (AvgIpc) is 2.79. The topological polar surface area (TPSA) is 88.0 Å². The summed E-state index contributed by atoms with van der Waals surface area (Å²) in [5.74, 6) is 0.516. The summed E-state index contributed by atoms with van der Waals surface area (Å²) < 4.78 is 10.4. The Hall–Kier alpha value is -3.51. The van der Waals surface area contributed by atoms with E-state index in [1.807, 2.05) is 36.4 Å². The molecular formula is C25H27NO5. The van der Waals surface area contributed by atoms with Crippen LogP contribution in [0.5, 0.6) is 11.5 Å². The maximum absolute atomic E-state index is 11.9. The maximum atomic E-state index is 11.9. The predicted molar refractivity (Wildman–Crippen MR) is 119 cm³/mol. The normalized spacial score (nSPS) is 12.6. The van der Waals surface area contributed by atoms with Crippen LogP contribution in [-0.2, 0) is 4.74 Å². The molecule has 3 rings (SSSR count). The molecule has 6 nitrogen and oxygen atoms in total. The fourth-order valence-electron chi connectivity index (χ4n) is 3.31. The number of anilines is 1. The highest BCUT2D eigenvalue weighted by Crippen LogP contribution is 2.32. The fraction of sp³-hybridized carbons (Fsp3) is 0.240. The van der Waals surface area contributed by atoms with Crippen LogP contribution in [0.4, 0.5) is 5.69 Å². The second-order valence-electron chi connectivity index (χ2n) is 7.11. The molecule has 0 saturated carbocycles. The Bertz CT molecular complexity index is 986. The Balaban J connectivity index is 1.83. The van der Waals surface area contributed by atoms with Crippen molar-refractivity contribution in [2.24, 2.45) is 0 Å². The zero-order valence-electron chi connectivity index (χ0n) is 17.6. The van der Waals surface area contributed by atoms with Gasteiger partial charge in [0.25, 0.3) is 0 Å². The largest absolute Gasteiger partial charge is 0.508 e. The molecular weight excluding hydrogens is 394 g/mol. The molecule has 3 N–H and O–H groups in total. The number of hydrogen-bond donors (Lipinski definition) is 3. The van der Waals surface area contributed by atoms with E-state index >= 15 is 0 Å². The van der Waals surface area contributed by atoms with E-state index in [0.29, 0.717) is 24.2 Å². The van der Waals surface area contributed by atoms with Crippen molar-refractivity contribution in [1.29, 1.82) is 0 Å². The molecule has 2 unspecified atom stereocenters. The first kappa shape index (κ1) is 22.2. The van der Waals surface area contributed by atoms with Gasteiger partial charge in [0.1, 0.15) is 11.5 Å². The first-order chi connectivity index (χ1) is 15.0. The molecule has 0 bridgehead atoms.